The van der Waals surface area contributed by atoms with Gasteiger partial charge in [-0.1, -0.05) is 13.3 Å². The highest BCUT2D eigenvalue weighted by Gasteiger charge is 2.46. The predicted molar refractivity (Wildman–Crippen MR) is 108 cm³/mol. The second-order valence-electron chi connectivity index (χ2n) is 8.20. The number of unbranched alkanes of at least 4 members (excludes halogenated alkanes) is 1. The second-order valence-corrected chi connectivity index (χ2v) is 8.20. The summed E-state index contributed by atoms with van der Waals surface area (Å²) in [5.74, 6) is 0. The van der Waals surface area contributed by atoms with Crippen LogP contribution >= 0.6 is 0 Å². The molecule has 0 atom stereocenters. The molecule has 2 aliphatic rings. The second kappa shape index (κ2) is 7.76. The molecular formula is C21H34N6. The maximum absolute atomic E-state index is 4.80. The van der Waals surface area contributed by atoms with E-state index < -0.39 is 0 Å². The minimum absolute atomic E-state index is 0.141. The van der Waals surface area contributed by atoms with Crippen LogP contribution in [0, 0.1) is 6.92 Å². The summed E-state index contributed by atoms with van der Waals surface area (Å²) in [6, 6.07) is 0. The zero-order valence-corrected chi connectivity index (χ0v) is 17.2. The number of nitrogens with zero attached hydrogens (tertiary/aromatic N) is 5. The predicted octanol–water partition coefficient (Wildman–Crippen LogP) is 3.08. The van der Waals surface area contributed by atoms with Gasteiger partial charge in [0.2, 0.25) is 0 Å². The Morgan fingerprint density at radius 2 is 2.00 bits per heavy atom. The van der Waals surface area contributed by atoms with Crippen molar-refractivity contribution in [3.63, 3.8) is 0 Å². The average Bonchev–Trinajstić information content (AvgIpc) is 3.31. The van der Waals surface area contributed by atoms with Gasteiger partial charge >= 0.3 is 0 Å². The highest BCUT2D eigenvalue weighted by atomic mass is 15.3. The molecule has 4 heterocycles. The first kappa shape index (κ1) is 18.7. The molecule has 0 aromatic carbocycles. The van der Waals surface area contributed by atoms with Gasteiger partial charge in [-0.3, -0.25) is 14.5 Å². The number of nitrogens with one attached hydrogen (secondary N) is 1. The van der Waals surface area contributed by atoms with E-state index in [-0.39, 0.29) is 5.54 Å². The molecular weight excluding hydrogens is 336 g/mol. The quantitative estimate of drug-likeness (QED) is 0.849. The van der Waals surface area contributed by atoms with E-state index in [1.54, 1.807) is 0 Å². The zero-order chi connectivity index (χ0) is 18.9. The van der Waals surface area contributed by atoms with E-state index in [1.165, 1.54) is 54.9 Å². The van der Waals surface area contributed by atoms with Gasteiger partial charge in [0.1, 0.15) is 0 Å². The van der Waals surface area contributed by atoms with E-state index in [0.717, 1.165) is 39.1 Å². The fourth-order valence-corrected chi connectivity index (χ4v) is 5.03. The van der Waals surface area contributed by atoms with Crippen molar-refractivity contribution in [1.82, 2.24) is 29.5 Å². The van der Waals surface area contributed by atoms with Gasteiger partial charge in [0.15, 0.2) is 0 Å². The standard InChI is InChI=1S/C21H34N6/c1-4-6-10-26-11-7-19-20(23-16-22-19)21(26)8-12-25(13-9-21)15-18-14-24-27(5-2)17(18)3/h14,16H,4-13,15H2,1-3H3,(H,22,23). The van der Waals surface area contributed by atoms with Crippen molar-refractivity contribution in [2.24, 2.45) is 0 Å². The van der Waals surface area contributed by atoms with E-state index in [1.807, 2.05) is 6.33 Å². The maximum atomic E-state index is 4.80. The Morgan fingerprint density at radius 3 is 2.70 bits per heavy atom. The van der Waals surface area contributed by atoms with Crippen LogP contribution in [0.3, 0.4) is 0 Å². The number of likely N-dealkylation sites (tertiary alicyclic amines) is 1. The minimum atomic E-state index is 0.141. The minimum Gasteiger partial charge on any atom is -0.348 e. The number of fused-ring (bicyclic) bond motifs is 2. The Balaban J connectivity index is 1.49. The van der Waals surface area contributed by atoms with Gasteiger partial charge < -0.3 is 4.98 Å². The van der Waals surface area contributed by atoms with Gasteiger partial charge in [-0.05, 0) is 39.7 Å². The number of hydrogen-bond donors (Lipinski definition) is 1. The molecule has 6 nitrogen and oxygen atoms in total. The normalized spacial score (nSPS) is 20.3. The van der Waals surface area contributed by atoms with Crippen LogP contribution in [0.4, 0.5) is 0 Å². The highest BCUT2D eigenvalue weighted by molar-refractivity contribution is 5.27. The SMILES string of the molecule is CCCCN1CCc2[nH]cnc2C12CCN(Cc1cnn(CC)c1C)CC2. The molecule has 1 N–H and O–H groups in total. The summed E-state index contributed by atoms with van der Waals surface area (Å²) < 4.78 is 2.10. The molecule has 148 valence electrons. The van der Waals surface area contributed by atoms with Crippen LogP contribution in [-0.2, 0) is 25.0 Å². The highest BCUT2D eigenvalue weighted by Crippen LogP contribution is 2.42. The maximum Gasteiger partial charge on any atom is 0.0926 e. The Hall–Kier alpha value is -1.66. The number of rotatable bonds is 6. The first-order valence-electron chi connectivity index (χ1n) is 10.7. The van der Waals surface area contributed by atoms with E-state index in [0.29, 0.717) is 0 Å². The number of H-pyrrole nitrogens is 1. The van der Waals surface area contributed by atoms with Crippen LogP contribution in [0.1, 0.15) is 62.2 Å². The Kier molecular flexibility index (Phi) is 5.37. The smallest absolute Gasteiger partial charge is 0.0926 e. The van der Waals surface area contributed by atoms with Crippen molar-refractivity contribution >= 4 is 0 Å². The number of aryl methyl sites for hydroxylation is 1. The van der Waals surface area contributed by atoms with Gasteiger partial charge in [0, 0.05) is 56.1 Å². The third-order valence-corrected chi connectivity index (χ3v) is 6.76. The zero-order valence-electron chi connectivity index (χ0n) is 17.2. The van der Waals surface area contributed by atoms with Crippen molar-refractivity contribution in [3.05, 3.63) is 35.2 Å². The van der Waals surface area contributed by atoms with E-state index in [2.05, 4.69) is 51.5 Å². The Labute approximate surface area is 163 Å². The fourth-order valence-electron chi connectivity index (χ4n) is 5.03. The number of aromatic nitrogens is 4. The summed E-state index contributed by atoms with van der Waals surface area (Å²) in [6.45, 7) is 13.2. The molecule has 2 aromatic heterocycles. The number of aromatic amines is 1. The lowest BCUT2D eigenvalue weighted by Crippen LogP contribution is -2.56. The van der Waals surface area contributed by atoms with Gasteiger partial charge in [-0.15, -0.1) is 0 Å². The molecule has 1 fully saturated rings. The molecule has 6 heteroatoms. The van der Waals surface area contributed by atoms with Gasteiger partial charge in [0.05, 0.1) is 23.8 Å². The van der Waals surface area contributed by atoms with Crippen LogP contribution in [0.15, 0.2) is 12.5 Å². The molecule has 2 aliphatic heterocycles. The molecule has 4 rings (SSSR count). The van der Waals surface area contributed by atoms with Crippen LogP contribution in [0.25, 0.3) is 0 Å². The van der Waals surface area contributed by atoms with Gasteiger partial charge in [-0.25, -0.2) is 4.98 Å². The van der Waals surface area contributed by atoms with Crippen LogP contribution in [0.5, 0.6) is 0 Å². The van der Waals surface area contributed by atoms with Gasteiger partial charge in [-0.2, -0.15) is 5.10 Å². The van der Waals surface area contributed by atoms with Crippen LogP contribution in [-0.4, -0.2) is 55.7 Å². The molecule has 2 aromatic rings. The summed E-state index contributed by atoms with van der Waals surface area (Å²) >= 11 is 0. The third-order valence-electron chi connectivity index (χ3n) is 6.76. The topological polar surface area (TPSA) is 53.0 Å². The van der Waals surface area contributed by atoms with Crippen molar-refractivity contribution in [3.8, 4) is 0 Å². The fraction of sp³-hybridized carbons (Fsp3) is 0.714. The third kappa shape index (κ3) is 3.34. The van der Waals surface area contributed by atoms with Crippen molar-refractivity contribution in [1.29, 1.82) is 0 Å². The molecule has 0 unspecified atom stereocenters. The van der Waals surface area contributed by atoms with Crippen molar-refractivity contribution < 1.29 is 0 Å². The first-order chi connectivity index (χ1) is 13.2. The Bertz CT molecular complexity index is 753. The lowest BCUT2D eigenvalue weighted by molar-refractivity contribution is 0.00261. The summed E-state index contributed by atoms with van der Waals surface area (Å²) in [5.41, 5.74) is 5.53. The van der Waals surface area contributed by atoms with E-state index in [9.17, 15) is 0 Å². The van der Waals surface area contributed by atoms with E-state index in [4.69, 9.17) is 4.98 Å². The molecule has 0 saturated carbocycles. The van der Waals surface area contributed by atoms with Crippen molar-refractivity contribution in [2.75, 3.05) is 26.2 Å². The summed E-state index contributed by atoms with van der Waals surface area (Å²) in [4.78, 5) is 13.6. The molecule has 0 bridgehead atoms. The lowest BCUT2D eigenvalue weighted by atomic mass is 9.78. The number of hydrogen-bond acceptors (Lipinski definition) is 4. The Morgan fingerprint density at radius 1 is 1.19 bits per heavy atom. The molecule has 1 spiro atoms. The van der Waals surface area contributed by atoms with Crippen molar-refractivity contribution in [2.45, 2.75) is 71.5 Å². The summed E-state index contributed by atoms with van der Waals surface area (Å²) in [7, 11) is 0. The molecule has 0 aliphatic carbocycles. The van der Waals surface area contributed by atoms with Gasteiger partial charge in [0.25, 0.3) is 0 Å². The lowest BCUT2D eigenvalue weighted by Gasteiger charge is -2.50. The van der Waals surface area contributed by atoms with E-state index >= 15 is 0 Å². The molecule has 1 saturated heterocycles. The summed E-state index contributed by atoms with van der Waals surface area (Å²) in [6.07, 6.45) is 9.96. The first-order valence-corrected chi connectivity index (χ1v) is 10.7. The largest absolute Gasteiger partial charge is 0.348 e. The molecule has 0 radical (unpaired) electrons. The van der Waals surface area contributed by atoms with Crippen LogP contribution < -0.4 is 0 Å². The molecule has 27 heavy (non-hydrogen) atoms. The monoisotopic (exact) mass is 370 g/mol. The van der Waals surface area contributed by atoms with Crippen LogP contribution in [0.2, 0.25) is 0 Å². The average molecular weight is 371 g/mol. The molecule has 0 amide bonds. The number of imidazole rings is 1. The summed E-state index contributed by atoms with van der Waals surface area (Å²) in [5, 5.41) is 4.52. The number of piperidine rings is 1.